The zero-order chi connectivity index (χ0) is 17.4. The summed E-state index contributed by atoms with van der Waals surface area (Å²) in [6, 6.07) is 10.7. The third kappa shape index (κ3) is 5.85. The largest absolute Gasteiger partial charge is 0.493 e. The van der Waals surface area contributed by atoms with E-state index >= 15 is 0 Å². The number of imide groups is 1. The normalized spacial score (nSPS) is 10.0. The maximum atomic E-state index is 11.6. The monoisotopic (exact) mass is 347 g/mol. The maximum absolute atomic E-state index is 11.6. The van der Waals surface area contributed by atoms with Gasteiger partial charge < -0.3 is 9.47 Å². The van der Waals surface area contributed by atoms with Gasteiger partial charge in [-0.3, -0.25) is 19.7 Å². The summed E-state index contributed by atoms with van der Waals surface area (Å²) in [5.74, 6) is -1.08. The van der Waals surface area contributed by atoms with Crippen molar-refractivity contribution in [3.05, 3.63) is 52.2 Å². The number of hydrogen-bond donors (Lipinski definition) is 1. The second-order valence-electron chi connectivity index (χ2n) is 4.93. The highest BCUT2D eigenvalue weighted by atomic mass is 32.1. The van der Waals surface area contributed by atoms with E-state index in [0.29, 0.717) is 10.6 Å². The Balaban J connectivity index is 1.63. The lowest BCUT2D eigenvalue weighted by atomic mass is 10.2. The average Bonchev–Trinajstić information content (AvgIpc) is 3.09. The molecule has 1 aromatic carbocycles. The molecule has 6 nitrogen and oxygen atoms in total. The first-order valence-corrected chi connectivity index (χ1v) is 8.15. The molecule has 0 aliphatic rings. The van der Waals surface area contributed by atoms with E-state index in [4.69, 9.17) is 9.47 Å². The van der Waals surface area contributed by atoms with Gasteiger partial charge in [0, 0.05) is 0 Å². The van der Waals surface area contributed by atoms with Crippen LogP contribution in [0.2, 0.25) is 0 Å². The van der Waals surface area contributed by atoms with Crippen molar-refractivity contribution in [1.29, 1.82) is 0 Å². The zero-order valence-electron chi connectivity index (χ0n) is 13.1. The first-order chi connectivity index (χ1) is 11.5. The van der Waals surface area contributed by atoms with E-state index < -0.39 is 24.4 Å². The summed E-state index contributed by atoms with van der Waals surface area (Å²) in [6.07, 6.45) is 0.0139. The molecule has 0 saturated heterocycles. The van der Waals surface area contributed by atoms with E-state index in [1.54, 1.807) is 17.5 Å². The minimum atomic E-state index is -0.666. The summed E-state index contributed by atoms with van der Waals surface area (Å²) in [6.45, 7) is 1.62. The average molecular weight is 347 g/mol. The molecular formula is C17H17NO5S. The summed E-state index contributed by atoms with van der Waals surface area (Å²) in [7, 11) is 0. The van der Waals surface area contributed by atoms with E-state index in [2.05, 4.69) is 5.32 Å². The predicted molar refractivity (Wildman–Crippen MR) is 89.0 cm³/mol. The van der Waals surface area contributed by atoms with Crippen LogP contribution in [0.4, 0.5) is 0 Å². The molecule has 0 unspecified atom stereocenters. The molecule has 0 radical (unpaired) electrons. The number of esters is 1. The standard InChI is InChI=1S/C17H17NO5S/c1-12-4-6-13(7-5-12)22-9-8-16(20)23-11-15(19)18-17(21)14-3-2-10-24-14/h2-7,10H,8-9,11H2,1H3,(H,18,19,21). The number of carbonyl (C=O) groups is 3. The summed E-state index contributed by atoms with van der Waals surface area (Å²) in [5, 5.41) is 3.88. The van der Waals surface area contributed by atoms with Gasteiger partial charge in [-0.25, -0.2) is 0 Å². The zero-order valence-corrected chi connectivity index (χ0v) is 13.9. The number of aryl methyl sites for hydroxylation is 1. The van der Waals surface area contributed by atoms with Gasteiger partial charge in [0.25, 0.3) is 11.8 Å². The van der Waals surface area contributed by atoms with Gasteiger partial charge in [-0.05, 0) is 30.5 Å². The molecule has 0 spiro atoms. The number of ether oxygens (including phenoxy) is 2. The Morgan fingerprint density at radius 2 is 1.88 bits per heavy atom. The van der Waals surface area contributed by atoms with Crippen LogP contribution in [-0.4, -0.2) is 31.0 Å². The van der Waals surface area contributed by atoms with Crippen LogP contribution in [0.1, 0.15) is 21.7 Å². The number of benzene rings is 1. The summed E-state index contributed by atoms with van der Waals surface area (Å²) in [5.41, 5.74) is 1.12. The van der Waals surface area contributed by atoms with E-state index in [1.807, 2.05) is 31.2 Å². The van der Waals surface area contributed by atoms with Crippen LogP contribution in [0.3, 0.4) is 0 Å². The van der Waals surface area contributed by atoms with Crippen LogP contribution < -0.4 is 10.1 Å². The van der Waals surface area contributed by atoms with Crippen LogP contribution in [0, 0.1) is 6.92 Å². The van der Waals surface area contributed by atoms with E-state index in [-0.39, 0.29) is 13.0 Å². The SMILES string of the molecule is Cc1ccc(OCCC(=O)OCC(=O)NC(=O)c2cccs2)cc1. The van der Waals surface area contributed by atoms with Crippen LogP contribution in [-0.2, 0) is 14.3 Å². The molecule has 1 aromatic heterocycles. The van der Waals surface area contributed by atoms with Crippen molar-refractivity contribution in [2.45, 2.75) is 13.3 Å². The maximum Gasteiger partial charge on any atom is 0.309 e. The molecule has 1 N–H and O–H groups in total. The van der Waals surface area contributed by atoms with Gasteiger partial charge >= 0.3 is 5.97 Å². The fourth-order valence-electron chi connectivity index (χ4n) is 1.74. The number of thiophene rings is 1. The van der Waals surface area contributed by atoms with Crippen molar-refractivity contribution < 1.29 is 23.9 Å². The van der Waals surface area contributed by atoms with E-state index in [9.17, 15) is 14.4 Å². The molecule has 0 aliphatic heterocycles. The van der Waals surface area contributed by atoms with Crippen molar-refractivity contribution in [2.75, 3.05) is 13.2 Å². The van der Waals surface area contributed by atoms with E-state index in [1.165, 1.54) is 11.3 Å². The number of hydrogen-bond acceptors (Lipinski definition) is 6. The van der Waals surface area contributed by atoms with Gasteiger partial charge in [-0.1, -0.05) is 23.8 Å². The predicted octanol–water partition coefficient (Wildman–Crippen LogP) is 2.33. The molecule has 24 heavy (non-hydrogen) atoms. The fraction of sp³-hybridized carbons (Fsp3) is 0.235. The Bertz CT molecular complexity index is 694. The lowest BCUT2D eigenvalue weighted by Crippen LogP contribution is -2.33. The highest BCUT2D eigenvalue weighted by Gasteiger charge is 2.13. The molecule has 2 rings (SSSR count). The Hall–Kier alpha value is -2.67. The summed E-state index contributed by atoms with van der Waals surface area (Å²) < 4.78 is 10.2. The van der Waals surface area contributed by atoms with Crippen LogP contribution in [0.15, 0.2) is 41.8 Å². The third-order valence-corrected chi connectivity index (χ3v) is 3.83. The molecule has 0 atom stereocenters. The highest BCUT2D eigenvalue weighted by molar-refractivity contribution is 7.12. The lowest BCUT2D eigenvalue weighted by molar-refractivity contribution is -0.148. The van der Waals surface area contributed by atoms with Gasteiger partial charge in [0.2, 0.25) is 0 Å². The number of nitrogens with one attached hydrogen (secondary N) is 1. The number of amides is 2. The summed E-state index contributed by atoms with van der Waals surface area (Å²) in [4.78, 5) is 35.1. The van der Waals surface area contributed by atoms with Gasteiger partial charge in [-0.15, -0.1) is 11.3 Å². The van der Waals surface area contributed by atoms with Crippen molar-refractivity contribution in [3.8, 4) is 5.75 Å². The molecule has 2 aromatic rings. The first-order valence-electron chi connectivity index (χ1n) is 7.27. The Morgan fingerprint density at radius 3 is 2.54 bits per heavy atom. The fourth-order valence-corrected chi connectivity index (χ4v) is 2.36. The van der Waals surface area contributed by atoms with Crippen molar-refractivity contribution in [1.82, 2.24) is 5.32 Å². The Kier molecular flexibility index (Phi) is 6.51. The molecule has 126 valence electrons. The molecule has 0 bridgehead atoms. The molecule has 0 aliphatic carbocycles. The van der Waals surface area contributed by atoms with E-state index in [0.717, 1.165) is 5.56 Å². The molecule has 0 fully saturated rings. The number of rotatable bonds is 7. The van der Waals surface area contributed by atoms with Gasteiger partial charge in [-0.2, -0.15) is 0 Å². The first kappa shape index (κ1) is 17.7. The minimum Gasteiger partial charge on any atom is -0.493 e. The Labute approximate surface area is 143 Å². The molecular weight excluding hydrogens is 330 g/mol. The third-order valence-electron chi connectivity index (χ3n) is 2.96. The quantitative estimate of drug-likeness (QED) is 0.778. The van der Waals surface area contributed by atoms with Crippen LogP contribution in [0.5, 0.6) is 5.75 Å². The van der Waals surface area contributed by atoms with Crippen molar-refractivity contribution >= 4 is 29.1 Å². The van der Waals surface area contributed by atoms with Crippen molar-refractivity contribution in [3.63, 3.8) is 0 Å². The second-order valence-corrected chi connectivity index (χ2v) is 5.87. The topological polar surface area (TPSA) is 81.7 Å². The molecule has 0 saturated carbocycles. The lowest BCUT2D eigenvalue weighted by Gasteiger charge is -2.07. The van der Waals surface area contributed by atoms with Gasteiger partial charge in [0.1, 0.15) is 5.75 Å². The minimum absolute atomic E-state index is 0.0139. The van der Waals surface area contributed by atoms with Crippen LogP contribution >= 0.6 is 11.3 Å². The van der Waals surface area contributed by atoms with Gasteiger partial charge in [0.05, 0.1) is 17.9 Å². The molecule has 2 amide bonds. The molecule has 7 heteroatoms. The second kappa shape index (κ2) is 8.83. The highest BCUT2D eigenvalue weighted by Crippen LogP contribution is 2.11. The van der Waals surface area contributed by atoms with Gasteiger partial charge in [0.15, 0.2) is 6.61 Å². The summed E-state index contributed by atoms with van der Waals surface area (Å²) >= 11 is 1.22. The van der Waals surface area contributed by atoms with Crippen molar-refractivity contribution in [2.24, 2.45) is 0 Å². The smallest absolute Gasteiger partial charge is 0.309 e. The Morgan fingerprint density at radius 1 is 1.12 bits per heavy atom. The molecule has 1 heterocycles. The van der Waals surface area contributed by atoms with Crippen LogP contribution in [0.25, 0.3) is 0 Å². The number of carbonyl (C=O) groups excluding carboxylic acids is 3.